The molecule has 0 radical (unpaired) electrons. The van der Waals surface area contributed by atoms with E-state index in [0.717, 1.165) is 40.2 Å². The molecule has 3 rings (SSSR count). The van der Waals surface area contributed by atoms with E-state index in [0.29, 0.717) is 24.7 Å². The van der Waals surface area contributed by atoms with Crippen molar-refractivity contribution in [3.8, 4) is 0 Å². The van der Waals surface area contributed by atoms with Crippen molar-refractivity contribution in [2.45, 2.75) is 6.92 Å². The summed E-state index contributed by atoms with van der Waals surface area (Å²) in [6.45, 7) is 4.60. The molecule has 2 aromatic rings. The molecule has 174 valence electrons. The lowest BCUT2D eigenvalue weighted by Crippen LogP contribution is -2.26. The number of nitrogens with zero attached hydrogens (tertiary/aromatic N) is 2. The zero-order chi connectivity index (χ0) is 23.6. The van der Waals surface area contributed by atoms with E-state index in [1.165, 1.54) is 0 Å². The number of rotatable bonds is 10. The smallest absolute Gasteiger partial charge is 0.200 e. The number of halogens is 1. The maximum Gasteiger partial charge on any atom is 0.200 e. The van der Waals surface area contributed by atoms with Gasteiger partial charge in [-0.2, -0.15) is 0 Å². The van der Waals surface area contributed by atoms with Gasteiger partial charge < -0.3 is 20.2 Å². The van der Waals surface area contributed by atoms with Crippen molar-refractivity contribution >= 4 is 28.6 Å². The number of hydrogen-bond acceptors (Lipinski definition) is 4. The average Bonchev–Trinajstić information content (AvgIpc) is 2.84. The second-order valence-corrected chi connectivity index (χ2v) is 8.15. The van der Waals surface area contributed by atoms with Crippen LogP contribution in [-0.4, -0.2) is 71.6 Å². The molecule has 33 heavy (non-hydrogen) atoms. The van der Waals surface area contributed by atoms with Crippen LogP contribution in [0.25, 0.3) is 5.57 Å². The number of hydrogen-bond donors (Lipinski definition) is 3. The molecule has 5 nitrogen and oxygen atoms in total. The molecule has 2 aromatic carbocycles. The van der Waals surface area contributed by atoms with Gasteiger partial charge in [0, 0.05) is 36.0 Å². The maximum absolute atomic E-state index is 9.35. The second-order valence-electron chi connectivity index (χ2n) is 7.72. The first-order valence-electron chi connectivity index (χ1n) is 11.3. The first-order chi connectivity index (χ1) is 16.1. The van der Waals surface area contributed by atoms with Crippen LogP contribution >= 0.6 is 11.6 Å². The summed E-state index contributed by atoms with van der Waals surface area (Å²) < 4.78 is 1.96. The zero-order valence-electron chi connectivity index (χ0n) is 19.0. The summed E-state index contributed by atoms with van der Waals surface area (Å²) in [5, 5.41) is 28.7. The Hall–Kier alpha value is -2.70. The highest BCUT2D eigenvalue weighted by atomic mass is 35.5. The van der Waals surface area contributed by atoms with Gasteiger partial charge in [-0.3, -0.25) is 0 Å². The Bertz CT molecular complexity index is 1030. The summed E-state index contributed by atoms with van der Waals surface area (Å²) in [6.07, 6.45) is 8.15. The predicted molar refractivity (Wildman–Crippen MR) is 136 cm³/mol. The molecule has 0 unspecified atom stereocenters. The molecule has 0 aromatic heterocycles. The standard InChI is InChI=1S/C27H32ClN2O3/c1-2-29(14-17-31)25-10-6-21(7-11-25)27(23-4-3-5-24(28)20-23)22-8-12-26(13-9-22)30(15-18-32)16-19-33/h3-13,20,31-33H,2,14-19H2,1H3/q+1. The van der Waals surface area contributed by atoms with E-state index in [1.54, 1.807) is 0 Å². The Morgan fingerprint density at radius 3 is 2.06 bits per heavy atom. The normalized spacial score (nSPS) is 12.9. The van der Waals surface area contributed by atoms with Crippen LogP contribution in [0.4, 0.5) is 5.69 Å². The predicted octanol–water partition coefficient (Wildman–Crippen LogP) is 3.52. The van der Waals surface area contributed by atoms with Gasteiger partial charge in [0.1, 0.15) is 13.2 Å². The molecule has 0 bridgehead atoms. The van der Waals surface area contributed by atoms with Crippen molar-refractivity contribution in [2.75, 3.05) is 50.9 Å². The molecule has 1 aliphatic carbocycles. The summed E-state index contributed by atoms with van der Waals surface area (Å²) in [5.74, 6) is 0. The van der Waals surface area contributed by atoms with Gasteiger partial charge in [-0.15, -0.1) is 0 Å². The van der Waals surface area contributed by atoms with Gasteiger partial charge in [0.15, 0.2) is 18.8 Å². The van der Waals surface area contributed by atoms with Crippen LogP contribution < -0.4 is 4.90 Å². The van der Waals surface area contributed by atoms with Gasteiger partial charge in [-0.1, -0.05) is 35.9 Å². The van der Waals surface area contributed by atoms with Gasteiger partial charge in [-0.05, 0) is 65.6 Å². The number of benzene rings is 2. The third-order valence-electron chi connectivity index (χ3n) is 5.65. The number of aliphatic hydroxyl groups excluding tert-OH is 3. The van der Waals surface area contributed by atoms with Crippen molar-refractivity contribution in [3.63, 3.8) is 0 Å². The van der Waals surface area contributed by atoms with E-state index in [9.17, 15) is 15.3 Å². The Morgan fingerprint density at radius 1 is 0.848 bits per heavy atom. The van der Waals surface area contributed by atoms with Crippen LogP contribution in [0.1, 0.15) is 18.1 Å². The van der Waals surface area contributed by atoms with Gasteiger partial charge in [-0.25, -0.2) is 4.58 Å². The van der Waals surface area contributed by atoms with E-state index >= 15 is 0 Å². The zero-order valence-corrected chi connectivity index (χ0v) is 19.7. The second kappa shape index (κ2) is 12.5. The van der Waals surface area contributed by atoms with Crippen LogP contribution in [0.2, 0.25) is 5.02 Å². The Balaban J connectivity index is 2.06. The quantitative estimate of drug-likeness (QED) is 0.468. The minimum Gasteiger partial charge on any atom is -0.395 e. The number of aliphatic hydroxyl groups is 3. The van der Waals surface area contributed by atoms with Crippen molar-refractivity contribution in [3.05, 3.63) is 94.6 Å². The molecule has 0 saturated heterocycles. The highest BCUT2D eigenvalue weighted by molar-refractivity contribution is 6.30. The maximum atomic E-state index is 9.35. The molecule has 0 amide bonds. The van der Waals surface area contributed by atoms with Crippen LogP contribution in [0, 0.1) is 0 Å². The average molecular weight is 468 g/mol. The third kappa shape index (κ3) is 6.42. The van der Waals surface area contributed by atoms with E-state index in [1.807, 2.05) is 34.9 Å². The minimum absolute atomic E-state index is 0.0268. The van der Waals surface area contributed by atoms with Crippen LogP contribution in [0.5, 0.6) is 0 Å². The Kier molecular flexibility index (Phi) is 9.46. The molecule has 3 N–H and O–H groups in total. The summed E-state index contributed by atoms with van der Waals surface area (Å²) in [7, 11) is 0. The third-order valence-corrected chi connectivity index (χ3v) is 5.88. The molecule has 0 heterocycles. The lowest BCUT2D eigenvalue weighted by molar-refractivity contribution is -0.530. The Labute approximate surface area is 200 Å². The number of likely N-dealkylation sites (N-methyl/N-ethyl adjacent to an activating group) is 1. The van der Waals surface area contributed by atoms with Crippen molar-refractivity contribution in [2.24, 2.45) is 0 Å². The lowest BCUT2D eigenvalue weighted by Gasteiger charge is -2.22. The first-order valence-corrected chi connectivity index (χ1v) is 11.6. The molecule has 0 spiro atoms. The monoisotopic (exact) mass is 467 g/mol. The van der Waals surface area contributed by atoms with E-state index in [2.05, 4.69) is 54.3 Å². The summed E-state index contributed by atoms with van der Waals surface area (Å²) in [4.78, 5) is 2.13. The molecule has 0 fully saturated rings. The molecule has 0 atom stereocenters. The molecular weight excluding hydrogens is 436 g/mol. The van der Waals surface area contributed by atoms with E-state index in [-0.39, 0.29) is 19.8 Å². The first kappa shape index (κ1) is 24.9. The SMILES string of the molecule is CCN(CCO)c1ccc(C(=C2C=CC(=[N+](CCO)CCO)C=C2)c2cccc(Cl)c2)cc1. The van der Waals surface area contributed by atoms with E-state index < -0.39 is 0 Å². The van der Waals surface area contributed by atoms with E-state index in [4.69, 9.17) is 11.6 Å². The highest BCUT2D eigenvalue weighted by Gasteiger charge is 2.16. The number of allylic oxidation sites excluding steroid dienone is 5. The molecular formula is C27H32ClN2O3+. The van der Waals surface area contributed by atoms with Crippen molar-refractivity contribution in [1.82, 2.24) is 0 Å². The summed E-state index contributed by atoms with van der Waals surface area (Å²) in [5.41, 5.74) is 6.22. The van der Waals surface area contributed by atoms with Gasteiger partial charge >= 0.3 is 0 Å². The lowest BCUT2D eigenvalue weighted by atomic mass is 9.90. The molecule has 6 heteroatoms. The van der Waals surface area contributed by atoms with Crippen LogP contribution in [0.3, 0.4) is 0 Å². The molecule has 0 saturated carbocycles. The summed E-state index contributed by atoms with van der Waals surface area (Å²) in [6, 6.07) is 16.2. The van der Waals surface area contributed by atoms with Crippen LogP contribution in [-0.2, 0) is 0 Å². The van der Waals surface area contributed by atoms with Crippen molar-refractivity contribution in [1.29, 1.82) is 0 Å². The van der Waals surface area contributed by atoms with Gasteiger partial charge in [0.25, 0.3) is 0 Å². The van der Waals surface area contributed by atoms with Crippen LogP contribution in [0.15, 0.2) is 78.4 Å². The molecule has 1 aliphatic rings. The van der Waals surface area contributed by atoms with Gasteiger partial charge in [0.05, 0.1) is 6.61 Å². The summed E-state index contributed by atoms with van der Waals surface area (Å²) >= 11 is 6.32. The van der Waals surface area contributed by atoms with Crippen molar-refractivity contribution < 1.29 is 19.9 Å². The number of anilines is 1. The topological polar surface area (TPSA) is 66.9 Å². The fourth-order valence-electron chi connectivity index (χ4n) is 4.02. The Morgan fingerprint density at radius 2 is 1.52 bits per heavy atom. The fraction of sp³-hybridized carbons (Fsp3) is 0.296. The minimum atomic E-state index is 0.0268. The van der Waals surface area contributed by atoms with Gasteiger partial charge in [0.2, 0.25) is 0 Å². The molecule has 0 aliphatic heterocycles. The largest absolute Gasteiger partial charge is 0.395 e. The highest BCUT2D eigenvalue weighted by Crippen LogP contribution is 2.32. The fourth-order valence-corrected chi connectivity index (χ4v) is 4.21.